The van der Waals surface area contributed by atoms with E-state index < -0.39 is 0 Å². The summed E-state index contributed by atoms with van der Waals surface area (Å²) in [6, 6.07) is 5.92. The highest BCUT2D eigenvalue weighted by Gasteiger charge is 2.28. The van der Waals surface area contributed by atoms with E-state index in [1.165, 1.54) is 12.7 Å². The zero-order chi connectivity index (χ0) is 17.6. The predicted molar refractivity (Wildman–Crippen MR) is 94.5 cm³/mol. The topological polar surface area (TPSA) is 48.3 Å². The van der Waals surface area contributed by atoms with Crippen molar-refractivity contribution in [1.29, 1.82) is 0 Å². The Bertz CT molecular complexity index is 877. The van der Waals surface area contributed by atoms with Crippen LogP contribution in [0.5, 0.6) is 0 Å². The molecule has 1 aliphatic heterocycles. The van der Waals surface area contributed by atoms with Crippen molar-refractivity contribution in [2.45, 2.75) is 40.2 Å². The molecule has 1 unspecified atom stereocenters. The van der Waals surface area contributed by atoms with Gasteiger partial charge in [0.05, 0.1) is 18.4 Å². The molecule has 1 aromatic carbocycles. The number of nitrogens with zero attached hydrogens (tertiary/aromatic N) is 1. The molecule has 0 bridgehead atoms. The van der Waals surface area contributed by atoms with Crippen LogP contribution in [0, 0.1) is 19.8 Å². The van der Waals surface area contributed by atoms with Crippen LogP contribution >= 0.6 is 0 Å². The van der Waals surface area contributed by atoms with Crippen molar-refractivity contribution in [1.82, 2.24) is 4.57 Å². The van der Waals surface area contributed by atoms with Gasteiger partial charge in [0, 0.05) is 29.4 Å². The summed E-state index contributed by atoms with van der Waals surface area (Å²) in [7, 11) is 1.39. The van der Waals surface area contributed by atoms with E-state index in [0.29, 0.717) is 17.5 Å². The van der Waals surface area contributed by atoms with E-state index in [1.54, 1.807) is 6.07 Å². The normalized spacial score (nSPS) is 15.8. The van der Waals surface area contributed by atoms with Crippen LogP contribution < -0.4 is 5.43 Å². The lowest BCUT2D eigenvalue weighted by molar-refractivity contribution is 0.0600. The Morgan fingerprint density at radius 2 is 1.92 bits per heavy atom. The Hall–Kier alpha value is -2.36. The van der Waals surface area contributed by atoms with Gasteiger partial charge in [0.15, 0.2) is 5.43 Å². The highest BCUT2D eigenvalue weighted by molar-refractivity contribution is 5.93. The van der Waals surface area contributed by atoms with Crippen molar-refractivity contribution in [2.24, 2.45) is 5.92 Å². The average Bonchev–Trinajstić information content (AvgIpc) is 2.54. The lowest BCUT2D eigenvalue weighted by Gasteiger charge is -2.34. The minimum Gasteiger partial charge on any atom is -0.465 e. The molecule has 0 spiro atoms. The first kappa shape index (κ1) is 16.5. The molecule has 0 saturated heterocycles. The molecule has 2 aromatic rings. The van der Waals surface area contributed by atoms with E-state index in [9.17, 15) is 9.59 Å². The molecule has 0 fully saturated rings. The predicted octanol–water partition coefficient (Wildman–Crippen LogP) is 3.67. The number of ether oxygens (including phenoxy) is 1. The molecule has 1 aliphatic rings. The second-order valence-electron chi connectivity index (χ2n) is 6.94. The highest BCUT2D eigenvalue weighted by atomic mass is 16.5. The molecule has 4 nitrogen and oxygen atoms in total. The molecule has 3 rings (SSSR count). The van der Waals surface area contributed by atoms with Gasteiger partial charge in [0.1, 0.15) is 0 Å². The average molecular weight is 325 g/mol. The summed E-state index contributed by atoms with van der Waals surface area (Å²) in [5.41, 5.74) is 5.25. The summed E-state index contributed by atoms with van der Waals surface area (Å²) < 4.78 is 7.09. The molecule has 4 heteroatoms. The quantitative estimate of drug-likeness (QED) is 0.792. The van der Waals surface area contributed by atoms with Crippen LogP contribution in [0.3, 0.4) is 0 Å². The highest BCUT2D eigenvalue weighted by Crippen LogP contribution is 2.38. The molecule has 0 amide bonds. The van der Waals surface area contributed by atoms with Gasteiger partial charge in [-0.15, -0.1) is 0 Å². The summed E-state index contributed by atoms with van der Waals surface area (Å²) in [5, 5.41) is 0. The second-order valence-corrected chi connectivity index (χ2v) is 6.94. The standard InChI is InChI=1S/C20H23NO3/c1-11(2)17-7-14-6-12(3)15(20(23)24-5)8-16(14)18-9-19(22)13(4)10-21(17)18/h6,8-11,17H,7H2,1-5H3. The van der Waals surface area contributed by atoms with Gasteiger partial charge in [0.25, 0.3) is 0 Å². The van der Waals surface area contributed by atoms with E-state index in [1.807, 2.05) is 26.1 Å². The molecule has 1 aromatic heterocycles. The number of carbonyl (C=O) groups excluding carboxylic acids is 1. The van der Waals surface area contributed by atoms with Crippen molar-refractivity contribution in [3.63, 3.8) is 0 Å². The van der Waals surface area contributed by atoms with E-state index in [-0.39, 0.29) is 11.4 Å². The van der Waals surface area contributed by atoms with Gasteiger partial charge in [-0.1, -0.05) is 19.9 Å². The second kappa shape index (κ2) is 5.93. The van der Waals surface area contributed by atoms with Crippen LogP contribution in [0.4, 0.5) is 0 Å². The van der Waals surface area contributed by atoms with Crippen LogP contribution in [-0.4, -0.2) is 17.6 Å². The fourth-order valence-electron chi connectivity index (χ4n) is 3.53. The number of pyridine rings is 1. The third-order valence-electron chi connectivity index (χ3n) is 4.95. The van der Waals surface area contributed by atoms with Crippen LogP contribution in [0.15, 0.2) is 29.2 Å². The molecule has 2 heterocycles. The maximum atomic E-state index is 12.2. The molecular weight excluding hydrogens is 302 g/mol. The third-order valence-corrected chi connectivity index (χ3v) is 4.95. The van der Waals surface area contributed by atoms with E-state index >= 15 is 0 Å². The zero-order valence-corrected chi connectivity index (χ0v) is 14.8. The smallest absolute Gasteiger partial charge is 0.338 e. The van der Waals surface area contributed by atoms with E-state index in [2.05, 4.69) is 24.5 Å². The summed E-state index contributed by atoms with van der Waals surface area (Å²) >= 11 is 0. The van der Waals surface area contributed by atoms with Crippen molar-refractivity contribution in [3.8, 4) is 11.3 Å². The number of carbonyl (C=O) groups is 1. The fourth-order valence-corrected chi connectivity index (χ4v) is 3.53. The molecule has 0 N–H and O–H groups in total. The number of aryl methyl sites for hydroxylation is 2. The zero-order valence-electron chi connectivity index (χ0n) is 14.8. The first-order valence-corrected chi connectivity index (χ1v) is 8.28. The summed E-state index contributed by atoms with van der Waals surface area (Å²) in [6.45, 7) is 8.16. The number of aromatic nitrogens is 1. The minimum atomic E-state index is -0.345. The number of esters is 1. The van der Waals surface area contributed by atoms with Gasteiger partial charge in [0.2, 0.25) is 0 Å². The molecule has 0 aliphatic carbocycles. The first-order chi connectivity index (χ1) is 11.3. The van der Waals surface area contributed by atoms with Gasteiger partial charge in [-0.2, -0.15) is 0 Å². The Balaban J connectivity index is 2.29. The van der Waals surface area contributed by atoms with Gasteiger partial charge in [-0.3, -0.25) is 4.79 Å². The van der Waals surface area contributed by atoms with E-state index in [0.717, 1.165) is 28.8 Å². The Labute approximate surface area is 142 Å². The van der Waals surface area contributed by atoms with Crippen molar-refractivity contribution in [3.05, 3.63) is 56.9 Å². The summed E-state index contributed by atoms with van der Waals surface area (Å²) in [6.07, 6.45) is 2.84. The van der Waals surface area contributed by atoms with Crippen LogP contribution in [0.25, 0.3) is 11.3 Å². The number of rotatable bonds is 2. The first-order valence-electron chi connectivity index (χ1n) is 8.28. The van der Waals surface area contributed by atoms with Crippen LogP contribution in [-0.2, 0) is 11.2 Å². The number of fused-ring (bicyclic) bond motifs is 3. The number of hydrogen-bond donors (Lipinski definition) is 0. The maximum Gasteiger partial charge on any atom is 0.338 e. The largest absolute Gasteiger partial charge is 0.465 e. The molecule has 1 atom stereocenters. The van der Waals surface area contributed by atoms with Gasteiger partial charge >= 0.3 is 5.97 Å². The van der Waals surface area contributed by atoms with Gasteiger partial charge < -0.3 is 9.30 Å². The lowest BCUT2D eigenvalue weighted by atomic mass is 9.85. The van der Waals surface area contributed by atoms with Crippen molar-refractivity contribution >= 4 is 5.97 Å². The monoisotopic (exact) mass is 325 g/mol. The van der Waals surface area contributed by atoms with E-state index in [4.69, 9.17) is 4.74 Å². The Morgan fingerprint density at radius 1 is 1.21 bits per heavy atom. The number of methoxy groups -OCH3 is 1. The molecule has 24 heavy (non-hydrogen) atoms. The van der Waals surface area contributed by atoms with Crippen LogP contribution in [0.1, 0.15) is 46.9 Å². The van der Waals surface area contributed by atoms with Gasteiger partial charge in [-0.05, 0) is 43.4 Å². The number of benzene rings is 1. The summed E-state index contributed by atoms with van der Waals surface area (Å²) in [5.74, 6) is 0.0988. The van der Waals surface area contributed by atoms with Crippen LogP contribution in [0.2, 0.25) is 0 Å². The van der Waals surface area contributed by atoms with Gasteiger partial charge in [-0.25, -0.2) is 4.79 Å². The molecule has 126 valence electrons. The SMILES string of the molecule is COC(=O)c1cc2c(cc1C)CC(C(C)C)n1cc(C)c(=O)cc1-2. The number of hydrogen-bond acceptors (Lipinski definition) is 3. The Kier molecular flexibility index (Phi) is 4.08. The maximum absolute atomic E-state index is 12.2. The molecule has 0 saturated carbocycles. The lowest BCUT2D eigenvalue weighted by Crippen LogP contribution is -2.26. The molecule has 0 radical (unpaired) electrons. The Morgan fingerprint density at radius 3 is 2.54 bits per heavy atom. The third kappa shape index (κ3) is 2.56. The minimum absolute atomic E-state index is 0.0248. The fraction of sp³-hybridized carbons (Fsp3) is 0.400. The van der Waals surface area contributed by atoms with Crippen molar-refractivity contribution < 1.29 is 9.53 Å². The molecular formula is C20H23NO3. The summed E-state index contributed by atoms with van der Waals surface area (Å²) in [4.78, 5) is 24.2. The van der Waals surface area contributed by atoms with Crippen molar-refractivity contribution in [2.75, 3.05) is 7.11 Å².